The summed E-state index contributed by atoms with van der Waals surface area (Å²) in [6.07, 6.45) is -0.143. The molecule has 0 unspecified atom stereocenters. The highest BCUT2D eigenvalue weighted by atomic mass is 16.6. The molecular formula is C9H8O4. The zero-order valence-corrected chi connectivity index (χ0v) is 6.73. The molecule has 0 aliphatic heterocycles. The van der Waals surface area contributed by atoms with Crippen LogP contribution in [-0.2, 0) is 16.0 Å². The Kier molecular flexibility index (Phi) is 2.64. The number of benzene rings is 1. The van der Waals surface area contributed by atoms with Crippen LogP contribution in [0, 0.1) is 0 Å². The highest BCUT2D eigenvalue weighted by molar-refractivity contribution is 6.33. The molecule has 68 valence electrons. The Morgan fingerprint density at radius 3 is 2.31 bits per heavy atom. The summed E-state index contributed by atoms with van der Waals surface area (Å²) in [6, 6.07) is 5.83. The molecule has 13 heavy (non-hydrogen) atoms. The first-order valence-electron chi connectivity index (χ1n) is 3.63. The van der Waals surface area contributed by atoms with Gasteiger partial charge in [0.1, 0.15) is 5.75 Å². The average Bonchev–Trinajstić information content (AvgIpc) is 2.08. The number of carboxylic acid groups (broad SMARTS) is 1. The van der Waals surface area contributed by atoms with Gasteiger partial charge in [-0.15, -0.1) is 0 Å². The molecule has 4 nitrogen and oxygen atoms in total. The zero-order chi connectivity index (χ0) is 9.84. The fourth-order valence-electron chi connectivity index (χ4n) is 0.875. The number of hydrogen-bond donors (Lipinski definition) is 2. The van der Waals surface area contributed by atoms with Gasteiger partial charge in [-0.25, -0.2) is 4.79 Å². The van der Waals surface area contributed by atoms with Crippen molar-refractivity contribution < 1.29 is 19.8 Å². The van der Waals surface area contributed by atoms with Crippen LogP contribution >= 0.6 is 0 Å². The summed E-state index contributed by atoms with van der Waals surface area (Å²) in [4.78, 5) is 20.9. The van der Waals surface area contributed by atoms with Gasteiger partial charge in [-0.3, -0.25) is 4.79 Å². The molecule has 1 aromatic carbocycles. The number of hydrogen-bond acceptors (Lipinski definition) is 3. The van der Waals surface area contributed by atoms with E-state index in [9.17, 15) is 9.59 Å². The Hall–Kier alpha value is -1.84. The summed E-state index contributed by atoms with van der Waals surface area (Å²) in [5.74, 6) is -2.20. The topological polar surface area (TPSA) is 74.6 Å². The number of carbonyl (C=O) groups excluding carboxylic acids is 1. The van der Waals surface area contributed by atoms with Gasteiger partial charge in [-0.05, 0) is 17.7 Å². The van der Waals surface area contributed by atoms with Crippen molar-refractivity contribution in [3.05, 3.63) is 29.8 Å². The first-order chi connectivity index (χ1) is 6.09. The summed E-state index contributed by atoms with van der Waals surface area (Å²) >= 11 is 0. The van der Waals surface area contributed by atoms with E-state index < -0.39 is 11.8 Å². The highest BCUT2D eigenvalue weighted by Gasteiger charge is 2.11. The minimum Gasteiger partial charge on any atom is -0.508 e. The number of aromatic hydroxyl groups is 1. The Bertz CT molecular complexity index is 326. The molecule has 2 N–H and O–H groups in total. The molecule has 0 fully saturated rings. The van der Waals surface area contributed by atoms with Crippen LogP contribution in [0.2, 0.25) is 0 Å². The number of rotatable bonds is 3. The number of aliphatic carboxylic acids is 1. The number of ketones is 1. The van der Waals surface area contributed by atoms with E-state index in [1.165, 1.54) is 24.3 Å². The maximum absolute atomic E-state index is 10.7. The third kappa shape index (κ3) is 2.59. The predicted octanol–water partition coefficient (Wildman–Crippen LogP) is 0.588. The summed E-state index contributed by atoms with van der Waals surface area (Å²) < 4.78 is 0. The summed E-state index contributed by atoms with van der Waals surface area (Å²) in [5.41, 5.74) is 0.574. The van der Waals surface area contributed by atoms with Crippen LogP contribution in [0.3, 0.4) is 0 Å². The minimum atomic E-state index is -1.44. The lowest BCUT2D eigenvalue weighted by atomic mass is 10.1. The van der Waals surface area contributed by atoms with Crippen LogP contribution in [0.4, 0.5) is 0 Å². The van der Waals surface area contributed by atoms with E-state index >= 15 is 0 Å². The van der Waals surface area contributed by atoms with Crippen LogP contribution in [0.25, 0.3) is 0 Å². The molecule has 0 heterocycles. The second-order valence-electron chi connectivity index (χ2n) is 2.57. The van der Waals surface area contributed by atoms with Gasteiger partial charge in [0, 0.05) is 6.42 Å². The van der Waals surface area contributed by atoms with E-state index in [0.717, 1.165) is 0 Å². The van der Waals surface area contributed by atoms with E-state index in [1.54, 1.807) is 0 Å². The lowest BCUT2D eigenvalue weighted by Crippen LogP contribution is -2.14. The molecule has 0 saturated heterocycles. The zero-order valence-electron chi connectivity index (χ0n) is 6.73. The van der Waals surface area contributed by atoms with Crippen molar-refractivity contribution in [1.82, 2.24) is 0 Å². The SMILES string of the molecule is O=C(Cc1ccc(O)cc1)[14C](=O)O. The van der Waals surface area contributed by atoms with Gasteiger partial charge in [0.2, 0.25) is 5.78 Å². The first kappa shape index (κ1) is 9.25. The lowest BCUT2D eigenvalue weighted by molar-refractivity contribution is -0.148. The van der Waals surface area contributed by atoms with Gasteiger partial charge < -0.3 is 10.2 Å². The van der Waals surface area contributed by atoms with E-state index in [4.69, 9.17) is 10.2 Å². The standard InChI is InChI=1S/C9H8O4/c10-7-3-1-6(2-4-7)5-8(11)9(12)13/h1-4,10H,5H2,(H,12,13)/i9+2. The molecule has 1 rings (SSSR count). The molecule has 0 bridgehead atoms. The maximum atomic E-state index is 10.7. The van der Waals surface area contributed by atoms with E-state index in [-0.39, 0.29) is 12.2 Å². The number of phenols is 1. The molecule has 0 saturated carbocycles. The number of Topliss-reactive ketones (excluding diaryl/α,β-unsaturated/α-hetero) is 1. The Labute approximate surface area is 74.4 Å². The van der Waals surface area contributed by atoms with Crippen molar-refractivity contribution in [2.45, 2.75) is 6.42 Å². The molecule has 4 heteroatoms. The average molecular weight is 182 g/mol. The van der Waals surface area contributed by atoms with Gasteiger partial charge in [-0.2, -0.15) is 0 Å². The van der Waals surface area contributed by atoms with Gasteiger partial charge in [0.25, 0.3) is 0 Å². The quantitative estimate of drug-likeness (QED) is 0.671. The summed E-state index contributed by atoms with van der Waals surface area (Å²) in [5, 5.41) is 17.2. The van der Waals surface area contributed by atoms with Crippen molar-refractivity contribution in [3.8, 4) is 5.75 Å². The second kappa shape index (κ2) is 3.71. The maximum Gasteiger partial charge on any atom is 0.372 e. The number of carboxylic acids is 1. The van der Waals surface area contributed by atoms with Crippen molar-refractivity contribution in [1.29, 1.82) is 0 Å². The molecule has 1 aromatic rings. The Balaban J connectivity index is 2.70. The smallest absolute Gasteiger partial charge is 0.372 e. The van der Waals surface area contributed by atoms with E-state index in [1.807, 2.05) is 0 Å². The fraction of sp³-hybridized carbons (Fsp3) is 0.111. The monoisotopic (exact) mass is 182 g/mol. The molecular weight excluding hydrogens is 174 g/mol. The lowest BCUT2D eigenvalue weighted by Gasteiger charge is -1.97. The van der Waals surface area contributed by atoms with Crippen molar-refractivity contribution in [2.75, 3.05) is 0 Å². The van der Waals surface area contributed by atoms with Gasteiger partial charge >= 0.3 is 5.97 Å². The van der Waals surface area contributed by atoms with Gasteiger partial charge in [-0.1, -0.05) is 12.1 Å². The minimum absolute atomic E-state index is 0.0894. The van der Waals surface area contributed by atoms with Crippen molar-refractivity contribution in [3.63, 3.8) is 0 Å². The molecule has 0 aliphatic rings. The molecule has 0 radical (unpaired) electrons. The summed E-state index contributed by atoms with van der Waals surface area (Å²) in [6.45, 7) is 0. The molecule has 0 aromatic heterocycles. The second-order valence-corrected chi connectivity index (χ2v) is 2.57. The molecule has 0 atom stereocenters. The van der Waals surface area contributed by atoms with Crippen LogP contribution in [0.1, 0.15) is 5.56 Å². The fourth-order valence-corrected chi connectivity index (χ4v) is 0.875. The van der Waals surface area contributed by atoms with Gasteiger partial charge in [0.05, 0.1) is 0 Å². The third-order valence-electron chi connectivity index (χ3n) is 1.54. The number of carbonyl (C=O) groups is 2. The van der Waals surface area contributed by atoms with Crippen LogP contribution in [0.5, 0.6) is 5.75 Å². The van der Waals surface area contributed by atoms with Gasteiger partial charge in [0.15, 0.2) is 0 Å². The third-order valence-corrected chi connectivity index (χ3v) is 1.54. The van der Waals surface area contributed by atoms with E-state index in [0.29, 0.717) is 5.56 Å². The molecule has 0 amide bonds. The predicted molar refractivity (Wildman–Crippen MR) is 44.5 cm³/mol. The first-order valence-corrected chi connectivity index (χ1v) is 3.63. The van der Waals surface area contributed by atoms with Crippen LogP contribution in [0.15, 0.2) is 24.3 Å². The number of phenolic OH excluding ortho intramolecular Hbond substituents is 1. The van der Waals surface area contributed by atoms with Crippen molar-refractivity contribution >= 4 is 11.8 Å². The van der Waals surface area contributed by atoms with Crippen LogP contribution < -0.4 is 0 Å². The van der Waals surface area contributed by atoms with Crippen molar-refractivity contribution in [2.24, 2.45) is 0 Å². The largest absolute Gasteiger partial charge is 0.508 e. The van der Waals surface area contributed by atoms with E-state index in [2.05, 4.69) is 0 Å². The normalized spacial score (nSPS) is 9.54. The Morgan fingerprint density at radius 2 is 1.85 bits per heavy atom. The summed E-state index contributed by atoms with van der Waals surface area (Å²) in [7, 11) is 0. The van der Waals surface area contributed by atoms with Crippen LogP contribution in [-0.4, -0.2) is 22.0 Å². The molecule has 0 aliphatic carbocycles. The molecule has 0 spiro atoms. The highest BCUT2D eigenvalue weighted by Crippen LogP contribution is 2.10. The Morgan fingerprint density at radius 1 is 1.31 bits per heavy atom.